The summed E-state index contributed by atoms with van der Waals surface area (Å²) < 4.78 is 48.3. The number of esters is 1. The van der Waals surface area contributed by atoms with E-state index in [2.05, 4.69) is 5.16 Å². The zero-order valence-electron chi connectivity index (χ0n) is 14.3. The van der Waals surface area contributed by atoms with Gasteiger partial charge in [0.05, 0.1) is 23.8 Å². The first-order valence-corrected chi connectivity index (χ1v) is 8.40. The molecule has 0 amide bonds. The van der Waals surface area contributed by atoms with Gasteiger partial charge < -0.3 is 14.3 Å². The van der Waals surface area contributed by atoms with Gasteiger partial charge in [-0.1, -0.05) is 17.3 Å². The van der Waals surface area contributed by atoms with Crippen molar-refractivity contribution < 1.29 is 32.3 Å². The molecule has 2 aliphatic rings. The second kappa shape index (κ2) is 7.26. The maximum atomic E-state index is 12.7. The first kappa shape index (κ1) is 18.7. The lowest BCUT2D eigenvalue weighted by Gasteiger charge is -2.35. The van der Waals surface area contributed by atoms with E-state index in [-0.39, 0.29) is 12.1 Å². The summed E-state index contributed by atoms with van der Waals surface area (Å²) >= 11 is 0. The maximum absolute atomic E-state index is 12.7. The van der Waals surface area contributed by atoms with Gasteiger partial charge in [0, 0.05) is 26.1 Å². The number of carbonyl (C=O) groups excluding carboxylic acids is 1. The monoisotopic (exact) mass is 371 g/mol. The zero-order valence-corrected chi connectivity index (χ0v) is 14.3. The second-order valence-corrected chi connectivity index (χ2v) is 6.63. The van der Waals surface area contributed by atoms with E-state index in [0.29, 0.717) is 50.2 Å². The van der Waals surface area contributed by atoms with Crippen LogP contribution in [0.4, 0.5) is 13.2 Å². The smallest absolute Gasteiger partial charge is 0.416 e. The molecule has 0 aliphatic carbocycles. The summed E-state index contributed by atoms with van der Waals surface area (Å²) in [5.41, 5.74) is -0.206. The third-order valence-electron chi connectivity index (χ3n) is 4.97. The Morgan fingerprint density at radius 2 is 1.92 bits per heavy atom. The minimum Gasteiger partial charge on any atom is -0.469 e. The van der Waals surface area contributed by atoms with E-state index in [9.17, 15) is 18.0 Å². The van der Waals surface area contributed by atoms with Crippen LogP contribution in [0.15, 0.2) is 29.4 Å². The van der Waals surface area contributed by atoms with Gasteiger partial charge in [0.15, 0.2) is 0 Å². The molecule has 0 aromatic heterocycles. The normalized spacial score (nSPS) is 22.5. The highest BCUT2D eigenvalue weighted by Crippen LogP contribution is 2.39. The third-order valence-corrected chi connectivity index (χ3v) is 4.97. The lowest BCUT2D eigenvalue weighted by Crippen LogP contribution is -2.41. The highest BCUT2D eigenvalue weighted by atomic mass is 19.4. The fourth-order valence-corrected chi connectivity index (χ4v) is 3.47. The molecule has 0 spiro atoms. The molecule has 2 heterocycles. The first-order valence-electron chi connectivity index (χ1n) is 8.40. The molecule has 3 rings (SSSR count). The van der Waals surface area contributed by atoms with Crippen LogP contribution in [-0.2, 0) is 25.3 Å². The van der Waals surface area contributed by atoms with Crippen LogP contribution in [-0.4, -0.2) is 38.1 Å². The SMILES string of the molecule is COC(=O)C1(C[C@H]2CC(c3ccc(C(F)(F)F)cc3)=NO2)CCOCC1. The number of rotatable bonds is 4. The number of ether oxygens (including phenoxy) is 2. The quantitative estimate of drug-likeness (QED) is 0.760. The number of hydrogen-bond acceptors (Lipinski definition) is 5. The minimum absolute atomic E-state index is 0.285. The van der Waals surface area contributed by atoms with E-state index >= 15 is 0 Å². The number of hydrogen-bond donors (Lipinski definition) is 0. The van der Waals surface area contributed by atoms with Gasteiger partial charge in [-0.25, -0.2) is 0 Å². The molecule has 5 nitrogen and oxygen atoms in total. The topological polar surface area (TPSA) is 57.1 Å². The van der Waals surface area contributed by atoms with Crippen LogP contribution in [0, 0.1) is 5.41 Å². The molecule has 0 bridgehead atoms. The molecule has 1 aromatic rings. The Hall–Kier alpha value is -2.09. The molecule has 0 unspecified atom stereocenters. The summed E-state index contributed by atoms with van der Waals surface area (Å²) in [7, 11) is 1.36. The van der Waals surface area contributed by atoms with E-state index < -0.39 is 17.2 Å². The van der Waals surface area contributed by atoms with Gasteiger partial charge >= 0.3 is 12.1 Å². The van der Waals surface area contributed by atoms with Gasteiger partial charge in [-0.05, 0) is 30.5 Å². The van der Waals surface area contributed by atoms with Gasteiger partial charge in [0.2, 0.25) is 0 Å². The second-order valence-electron chi connectivity index (χ2n) is 6.63. The summed E-state index contributed by atoms with van der Waals surface area (Å²) in [6.45, 7) is 0.961. The Morgan fingerprint density at radius 3 is 2.50 bits per heavy atom. The van der Waals surface area contributed by atoms with Gasteiger partial charge in [-0.3, -0.25) is 4.79 Å². The van der Waals surface area contributed by atoms with Crippen molar-refractivity contribution in [2.24, 2.45) is 10.6 Å². The molecule has 1 fully saturated rings. The Balaban J connectivity index is 1.66. The third kappa shape index (κ3) is 3.85. The van der Waals surface area contributed by atoms with Crippen molar-refractivity contribution in [3.05, 3.63) is 35.4 Å². The molecular weight excluding hydrogens is 351 g/mol. The molecule has 1 aromatic carbocycles. The van der Waals surface area contributed by atoms with E-state index in [1.165, 1.54) is 19.2 Å². The van der Waals surface area contributed by atoms with Crippen molar-refractivity contribution in [3.63, 3.8) is 0 Å². The lowest BCUT2D eigenvalue weighted by molar-refractivity contribution is -0.162. The van der Waals surface area contributed by atoms with Crippen molar-refractivity contribution in [3.8, 4) is 0 Å². The average molecular weight is 371 g/mol. The summed E-state index contributed by atoms with van der Waals surface area (Å²) in [5.74, 6) is -0.285. The van der Waals surface area contributed by atoms with E-state index in [1.54, 1.807) is 0 Å². The van der Waals surface area contributed by atoms with Crippen molar-refractivity contribution in [2.75, 3.05) is 20.3 Å². The molecule has 1 atom stereocenters. The summed E-state index contributed by atoms with van der Waals surface area (Å²) in [5, 5.41) is 4.01. The number of nitrogens with zero attached hydrogens (tertiary/aromatic N) is 1. The highest BCUT2D eigenvalue weighted by Gasteiger charge is 2.44. The van der Waals surface area contributed by atoms with Crippen molar-refractivity contribution in [1.82, 2.24) is 0 Å². The standard InChI is InChI=1S/C18H20F3NO4/c1-24-16(23)17(6-8-25-9-7-17)11-14-10-15(22-26-14)12-2-4-13(5-3-12)18(19,20)21/h2-5,14H,6-11H2,1H3/t14-/m1/s1. The number of halogens is 3. The highest BCUT2D eigenvalue weighted by molar-refractivity contribution is 6.01. The van der Waals surface area contributed by atoms with Crippen molar-refractivity contribution in [1.29, 1.82) is 0 Å². The van der Waals surface area contributed by atoms with Gasteiger partial charge in [0.1, 0.15) is 6.10 Å². The van der Waals surface area contributed by atoms with Gasteiger partial charge in [-0.15, -0.1) is 0 Å². The fraction of sp³-hybridized carbons (Fsp3) is 0.556. The average Bonchev–Trinajstić information content (AvgIpc) is 3.09. The van der Waals surface area contributed by atoms with E-state index in [0.717, 1.165) is 12.1 Å². The van der Waals surface area contributed by atoms with Crippen molar-refractivity contribution in [2.45, 2.75) is 38.0 Å². The van der Waals surface area contributed by atoms with Gasteiger partial charge in [0.25, 0.3) is 0 Å². The number of methoxy groups -OCH3 is 1. The van der Waals surface area contributed by atoms with Crippen LogP contribution in [0.5, 0.6) is 0 Å². The molecule has 26 heavy (non-hydrogen) atoms. The first-order chi connectivity index (χ1) is 12.3. The van der Waals surface area contributed by atoms with Crippen LogP contribution < -0.4 is 0 Å². The minimum atomic E-state index is -4.37. The lowest BCUT2D eigenvalue weighted by atomic mass is 9.75. The number of oxime groups is 1. The molecule has 1 saturated heterocycles. The van der Waals surface area contributed by atoms with Crippen LogP contribution >= 0.6 is 0 Å². The van der Waals surface area contributed by atoms with Crippen LogP contribution in [0.3, 0.4) is 0 Å². The number of benzene rings is 1. The van der Waals surface area contributed by atoms with Crippen LogP contribution in [0.25, 0.3) is 0 Å². The summed E-state index contributed by atoms with van der Waals surface area (Å²) in [6, 6.07) is 4.83. The number of carbonyl (C=O) groups is 1. The molecule has 2 aliphatic heterocycles. The van der Waals surface area contributed by atoms with Crippen LogP contribution in [0.1, 0.15) is 36.8 Å². The zero-order chi connectivity index (χ0) is 18.8. The summed E-state index contributed by atoms with van der Waals surface area (Å²) in [6.07, 6.45) is -2.71. The Kier molecular flexibility index (Phi) is 5.22. The van der Waals surface area contributed by atoms with E-state index in [4.69, 9.17) is 14.3 Å². The molecule has 8 heteroatoms. The molecular formula is C18H20F3NO4. The largest absolute Gasteiger partial charge is 0.469 e. The Bertz CT molecular complexity index is 679. The van der Waals surface area contributed by atoms with Crippen LogP contribution in [0.2, 0.25) is 0 Å². The summed E-state index contributed by atoms with van der Waals surface area (Å²) in [4.78, 5) is 17.7. The molecule has 0 radical (unpaired) electrons. The van der Waals surface area contributed by atoms with Crippen molar-refractivity contribution >= 4 is 11.7 Å². The number of alkyl halides is 3. The maximum Gasteiger partial charge on any atom is 0.416 e. The molecule has 0 N–H and O–H groups in total. The molecule has 0 saturated carbocycles. The van der Waals surface area contributed by atoms with E-state index in [1.807, 2.05) is 0 Å². The predicted molar refractivity (Wildman–Crippen MR) is 86.6 cm³/mol. The Morgan fingerprint density at radius 1 is 1.27 bits per heavy atom. The Labute approximate surface area is 149 Å². The fourth-order valence-electron chi connectivity index (χ4n) is 3.47. The molecule has 142 valence electrons. The predicted octanol–water partition coefficient (Wildman–Crippen LogP) is 3.56. The van der Waals surface area contributed by atoms with Gasteiger partial charge in [-0.2, -0.15) is 13.2 Å².